The Balaban J connectivity index is 1.52. The fourth-order valence-corrected chi connectivity index (χ4v) is 4.31. The number of esters is 1. The molecule has 0 fully saturated rings. The van der Waals surface area contributed by atoms with Crippen molar-refractivity contribution in [2.75, 3.05) is 6.61 Å². The highest BCUT2D eigenvalue weighted by Crippen LogP contribution is 2.39. The molecule has 194 valence electrons. The van der Waals surface area contributed by atoms with E-state index in [9.17, 15) is 31.1 Å². The maximum atomic E-state index is 14.9. The van der Waals surface area contributed by atoms with Crippen LogP contribution in [0.15, 0.2) is 42.5 Å². The van der Waals surface area contributed by atoms with E-state index in [0.29, 0.717) is 18.4 Å². The minimum atomic E-state index is -1.54. The van der Waals surface area contributed by atoms with E-state index in [2.05, 4.69) is 0 Å². The Labute approximate surface area is 209 Å². The third kappa shape index (κ3) is 5.08. The molecule has 0 spiro atoms. The average Bonchev–Trinajstić information content (AvgIpc) is 2.89. The van der Waals surface area contributed by atoms with Crippen molar-refractivity contribution < 1.29 is 40.6 Å². The molecule has 0 aliphatic heterocycles. The monoisotopic (exact) mass is 520 g/mol. The third-order valence-electron chi connectivity index (χ3n) is 6.32. The van der Waals surface area contributed by atoms with Crippen LogP contribution in [0.2, 0.25) is 0 Å². The Morgan fingerprint density at radius 1 is 0.838 bits per heavy atom. The molecule has 4 rings (SSSR count). The largest absolute Gasteiger partial charge is 0.491 e. The highest BCUT2D eigenvalue weighted by atomic mass is 19.2. The fraction of sp³-hybridized carbons (Fsp3) is 0.250. The van der Waals surface area contributed by atoms with Crippen molar-refractivity contribution in [1.29, 1.82) is 0 Å². The Kier molecular flexibility index (Phi) is 7.61. The lowest BCUT2D eigenvalue weighted by Gasteiger charge is -2.24. The molecule has 0 N–H and O–H groups in total. The van der Waals surface area contributed by atoms with Gasteiger partial charge >= 0.3 is 5.97 Å². The number of rotatable bonds is 6. The predicted octanol–water partition coefficient (Wildman–Crippen LogP) is 7.80. The standard InChI is InChI=1S/C28H22F6O3/c1-3-36-20-12-11-19(25(32)26(20)33)28(35)37-21-13-10-18(24(31)27(21)34)16-7-5-15(6-8-16)17-9-4-14(2)22(29)23(17)30/h4-5,9-13,16H,3,6-8H2,1-2H3. The minimum Gasteiger partial charge on any atom is -0.491 e. The van der Waals surface area contributed by atoms with Crippen molar-refractivity contribution >= 4 is 11.5 Å². The number of halogens is 6. The van der Waals surface area contributed by atoms with E-state index >= 15 is 0 Å². The predicted molar refractivity (Wildman–Crippen MR) is 125 cm³/mol. The maximum Gasteiger partial charge on any atom is 0.346 e. The molecule has 0 heterocycles. The fourth-order valence-electron chi connectivity index (χ4n) is 4.31. The van der Waals surface area contributed by atoms with Gasteiger partial charge in [0.25, 0.3) is 0 Å². The van der Waals surface area contributed by atoms with Crippen LogP contribution in [-0.4, -0.2) is 12.6 Å². The van der Waals surface area contributed by atoms with Crippen molar-refractivity contribution in [1.82, 2.24) is 0 Å². The smallest absolute Gasteiger partial charge is 0.346 e. The molecule has 0 bridgehead atoms. The molecule has 0 radical (unpaired) electrons. The molecule has 3 aromatic carbocycles. The first kappa shape index (κ1) is 26.3. The summed E-state index contributed by atoms with van der Waals surface area (Å²) in [6, 6.07) is 7.18. The van der Waals surface area contributed by atoms with E-state index in [1.807, 2.05) is 0 Å². The van der Waals surface area contributed by atoms with Gasteiger partial charge in [-0.15, -0.1) is 0 Å². The zero-order valence-electron chi connectivity index (χ0n) is 19.9. The van der Waals surface area contributed by atoms with Gasteiger partial charge in [0.2, 0.25) is 11.6 Å². The molecule has 0 saturated heterocycles. The van der Waals surface area contributed by atoms with Crippen LogP contribution in [0.1, 0.15) is 59.2 Å². The summed E-state index contributed by atoms with van der Waals surface area (Å²) in [5.41, 5.74) is 0.0948. The Morgan fingerprint density at radius 2 is 1.54 bits per heavy atom. The molecular formula is C28H22F6O3. The second-order valence-corrected chi connectivity index (χ2v) is 8.60. The second-order valence-electron chi connectivity index (χ2n) is 8.60. The summed E-state index contributed by atoms with van der Waals surface area (Å²) >= 11 is 0. The lowest BCUT2D eigenvalue weighted by atomic mass is 9.82. The highest BCUT2D eigenvalue weighted by molar-refractivity contribution is 5.91. The van der Waals surface area contributed by atoms with Gasteiger partial charge in [0, 0.05) is 5.56 Å². The van der Waals surface area contributed by atoms with E-state index < -0.39 is 63.9 Å². The molecule has 0 amide bonds. The van der Waals surface area contributed by atoms with Gasteiger partial charge in [-0.2, -0.15) is 8.78 Å². The number of ether oxygens (including phenoxy) is 2. The molecule has 1 aliphatic rings. The number of hydrogen-bond donors (Lipinski definition) is 0. The van der Waals surface area contributed by atoms with Crippen LogP contribution in [0.4, 0.5) is 26.3 Å². The molecule has 3 aromatic rings. The molecule has 1 atom stereocenters. The lowest BCUT2D eigenvalue weighted by Crippen LogP contribution is -2.14. The molecule has 0 saturated carbocycles. The topological polar surface area (TPSA) is 35.5 Å². The summed E-state index contributed by atoms with van der Waals surface area (Å²) < 4.78 is 96.0. The van der Waals surface area contributed by atoms with E-state index in [-0.39, 0.29) is 29.7 Å². The van der Waals surface area contributed by atoms with Gasteiger partial charge in [0.05, 0.1) is 12.2 Å². The average molecular weight is 520 g/mol. The van der Waals surface area contributed by atoms with Crippen molar-refractivity contribution in [2.24, 2.45) is 0 Å². The van der Waals surface area contributed by atoms with Crippen molar-refractivity contribution in [3.63, 3.8) is 0 Å². The van der Waals surface area contributed by atoms with E-state index in [1.165, 1.54) is 25.1 Å². The first-order valence-corrected chi connectivity index (χ1v) is 11.6. The lowest BCUT2D eigenvalue weighted by molar-refractivity contribution is 0.0720. The van der Waals surface area contributed by atoms with Crippen LogP contribution in [0.25, 0.3) is 5.57 Å². The van der Waals surface area contributed by atoms with Crippen LogP contribution in [0, 0.1) is 41.8 Å². The number of allylic oxidation sites excluding steroid dienone is 2. The number of carbonyl (C=O) groups is 1. The van der Waals surface area contributed by atoms with Gasteiger partial charge in [0.15, 0.2) is 34.8 Å². The molecule has 3 nitrogen and oxygen atoms in total. The number of hydrogen-bond acceptors (Lipinski definition) is 3. The second kappa shape index (κ2) is 10.7. The first-order valence-electron chi connectivity index (χ1n) is 11.6. The van der Waals surface area contributed by atoms with Gasteiger partial charge in [0.1, 0.15) is 0 Å². The van der Waals surface area contributed by atoms with Gasteiger partial charge in [-0.3, -0.25) is 0 Å². The molecular weight excluding hydrogens is 498 g/mol. The van der Waals surface area contributed by atoms with Crippen LogP contribution in [0.3, 0.4) is 0 Å². The summed E-state index contributed by atoms with van der Waals surface area (Å²) in [5.74, 6) is -10.6. The van der Waals surface area contributed by atoms with Crippen molar-refractivity contribution in [3.8, 4) is 11.5 Å². The number of carbonyl (C=O) groups excluding carboxylic acids is 1. The quantitative estimate of drug-likeness (QED) is 0.189. The molecule has 1 unspecified atom stereocenters. The number of aryl methyl sites for hydroxylation is 1. The number of benzene rings is 3. The van der Waals surface area contributed by atoms with Crippen LogP contribution in [0.5, 0.6) is 11.5 Å². The van der Waals surface area contributed by atoms with E-state index in [4.69, 9.17) is 9.47 Å². The highest BCUT2D eigenvalue weighted by Gasteiger charge is 2.27. The van der Waals surface area contributed by atoms with Gasteiger partial charge in [-0.25, -0.2) is 22.4 Å². The van der Waals surface area contributed by atoms with Gasteiger partial charge < -0.3 is 9.47 Å². The molecule has 37 heavy (non-hydrogen) atoms. The Morgan fingerprint density at radius 3 is 2.22 bits per heavy atom. The van der Waals surface area contributed by atoms with Gasteiger partial charge in [-0.1, -0.05) is 24.3 Å². The molecule has 0 aromatic heterocycles. The molecule has 1 aliphatic carbocycles. The summed E-state index contributed by atoms with van der Waals surface area (Å²) in [6.07, 6.45) is 2.56. The van der Waals surface area contributed by atoms with Crippen LogP contribution < -0.4 is 9.47 Å². The summed E-state index contributed by atoms with van der Waals surface area (Å²) in [7, 11) is 0. The zero-order valence-corrected chi connectivity index (χ0v) is 19.9. The summed E-state index contributed by atoms with van der Waals surface area (Å²) in [4.78, 5) is 12.3. The SMILES string of the molecule is CCOc1ccc(C(=O)Oc2ccc(C3CC=C(c4ccc(C)c(F)c4F)CC3)c(F)c2F)c(F)c1F. The molecule has 9 heteroatoms. The normalized spacial score (nSPS) is 15.4. The van der Waals surface area contributed by atoms with Crippen molar-refractivity contribution in [2.45, 2.75) is 39.0 Å². The maximum absolute atomic E-state index is 14.9. The Hall–Kier alpha value is -3.75. The van der Waals surface area contributed by atoms with Crippen LogP contribution in [-0.2, 0) is 0 Å². The van der Waals surface area contributed by atoms with E-state index in [0.717, 1.165) is 18.2 Å². The van der Waals surface area contributed by atoms with Crippen molar-refractivity contribution in [3.05, 3.63) is 99.6 Å². The minimum absolute atomic E-state index is 0.0152. The van der Waals surface area contributed by atoms with Crippen LogP contribution >= 0.6 is 0 Å². The zero-order chi connectivity index (χ0) is 26.9. The van der Waals surface area contributed by atoms with E-state index in [1.54, 1.807) is 13.0 Å². The summed E-state index contributed by atoms with van der Waals surface area (Å²) in [5, 5.41) is 0. The third-order valence-corrected chi connectivity index (χ3v) is 6.32. The Bertz CT molecular complexity index is 1400. The summed E-state index contributed by atoms with van der Waals surface area (Å²) in [6.45, 7) is 3.09. The van der Waals surface area contributed by atoms with Gasteiger partial charge in [-0.05, 0) is 73.9 Å². The first-order chi connectivity index (χ1) is 17.6.